The van der Waals surface area contributed by atoms with Gasteiger partial charge in [0.05, 0.1) is 12.4 Å². The van der Waals surface area contributed by atoms with Crippen LogP contribution in [0.2, 0.25) is 0 Å². The van der Waals surface area contributed by atoms with Crippen LogP contribution < -0.4 is 5.32 Å². The number of carbonyl (C=O) groups excluding carboxylic acids is 1. The molecule has 0 atom stereocenters. The molecule has 1 N–H and O–H groups in total. The second kappa shape index (κ2) is 6.47. The largest absolute Gasteiger partial charge is 0.367 e. The number of rotatable bonds is 5. The van der Waals surface area contributed by atoms with Crippen LogP contribution in [-0.2, 0) is 0 Å². The van der Waals surface area contributed by atoms with Crippen molar-refractivity contribution in [1.29, 1.82) is 0 Å². The van der Waals surface area contributed by atoms with Crippen LogP contribution in [0.1, 0.15) is 23.3 Å². The summed E-state index contributed by atoms with van der Waals surface area (Å²) in [6, 6.07) is 0. The van der Waals surface area contributed by atoms with E-state index < -0.39 is 0 Å². The van der Waals surface area contributed by atoms with Gasteiger partial charge in [-0.05, 0) is 25.9 Å². The summed E-state index contributed by atoms with van der Waals surface area (Å²) < 4.78 is 0. The van der Waals surface area contributed by atoms with E-state index in [2.05, 4.69) is 20.2 Å². The quantitative estimate of drug-likeness (QED) is 0.846. The Morgan fingerprint density at radius 2 is 2.11 bits per heavy atom. The van der Waals surface area contributed by atoms with Crippen LogP contribution in [0.5, 0.6) is 0 Å². The Hall–Kier alpha value is -1.69. The van der Waals surface area contributed by atoms with Crippen LogP contribution in [0.25, 0.3) is 0 Å². The van der Waals surface area contributed by atoms with Gasteiger partial charge in [-0.2, -0.15) is 0 Å². The highest BCUT2D eigenvalue weighted by Gasteiger charge is 2.12. The lowest BCUT2D eigenvalue weighted by molar-refractivity contribution is 0.0821. The molecule has 2 heterocycles. The van der Waals surface area contributed by atoms with Gasteiger partial charge in [0.1, 0.15) is 11.5 Å². The first-order chi connectivity index (χ1) is 9.16. The summed E-state index contributed by atoms with van der Waals surface area (Å²) in [6.45, 7) is 4.21. The topological polar surface area (TPSA) is 61.4 Å². The minimum absolute atomic E-state index is 0.129. The van der Waals surface area contributed by atoms with E-state index in [4.69, 9.17) is 0 Å². The van der Waals surface area contributed by atoms with E-state index in [9.17, 15) is 4.79 Å². The fourth-order valence-electron chi connectivity index (χ4n) is 2.13. The first kappa shape index (κ1) is 13.7. The van der Waals surface area contributed by atoms with Crippen LogP contribution in [-0.4, -0.2) is 65.9 Å². The van der Waals surface area contributed by atoms with Crippen LogP contribution in [0.4, 0.5) is 5.82 Å². The highest BCUT2D eigenvalue weighted by molar-refractivity contribution is 5.91. The maximum Gasteiger partial charge on any atom is 0.273 e. The second-order valence-electron chi connectivity index (χ2n) is 4.96. The third kappa shape index (κ3) is 3.89. The van der Waals surface area contributed by atoms with Gasteiger partial charge in [0.15, 0.2) is 0 Å². The van der Waals surface area contributed by atoms with Gasteiger partial charge in [-0.25, -0.2) is 4.98 Å². The van der Waals surface area contributed by atoms with E-state index in [0.717, 1.165) is 13.1 Å². The predicted octanol–water partition coefficient (Wildman–Crippen LogP) is 0.686. The van der Waals surface area contributed by atoms with Crippen molar-refractivity contribution in [2.45, 2.75) is 12.8 Å². The summed E-state index contributed by atoms with van der Waals surface area (Å²) in [5.74, 6) is 0.530. The van der Waals surface area contributed by atoms with E-state index in [1.54, 1.807) is 20.3 Å². The van der Waals surface area contributed by atoms with Crippen molar-refractivity contribution >= 4 is 11.7 Å². The molecule has 2 rings (SSSR count). The molecule has 1 fully saturated rings. The summed E-state index contributed by atoms with van der Waals surface area (Å²) in [5.41, 5.74) is 0.371. The number of carbonyl (C=O) groups is 1. The van der Waals surface area contributed by atoms with Crippen molar-refractivity contribution in [3.63, 3.8) is 0 Å². The first-order valence-electron chi connectivity index (χ1n) is 6.67. The van der Waals surface area contributed by atoms with Crippen molar-refractivity contribution in [2.75, 3.05) is 45.6 Å². The molecule has 1 aliphatic rings. The normalized spacial score (nSPS) is 15.5. The molecular weight excluding hydrogens is 242 g/mol. The third-order valence-electron chi connectivity index (χ3n) is 3.19. The Balaban J connectivity index is 1.86. The Morgan fingerprint density at radius 1 is 1.37 bits per heavy atom. The van der Waals surface area contributed by atoms with Gasteiger partial charge in [0, 0.05) is 27.2 Å². The number of amides is 1. The molecule has 1 saturated heterocycles. The Bertz CT molecular complexity index is 429. The third-order valence-corrected chi connectivity index (χ3v) is 3.19. The lowest BCUT2D eigenvalue weighted by Crippen LogP contribution is -2.27. The monoisotopic (exact) mass is 263 g/mol. The highest BCUT2D eigenvalue weighted by atomic mass is 16.2. The molecule has 0 aromatic carbocycles. The van der Waals surface area contributed by atoms with Gasteiger partial charge in [0.25, 0.3) is 5.91 Å². The molecule has 1 amide bonds. The van der Waals surface area contributed by atoms with Crippen molar-refractivity contribution in [3.8, 4) is 0 Å². The van der Waals surface area contributed by atoms with E-state index in [0.29, 0.717) is 11.5 Å². The molecule has 0 radical (unpaired) electrons. The fraction of sp³-hybridized carbons (Fsp3) is 0.615. The number of anilines is 1. The number of nitrogens with one attached hydrogen (secondary N) is 1. The minimum Gasteiger partial charge on any atom is -0.367 e. The van der Waals surface area contributed by atoms with Gasteiger partial charge >= 0.3 is 0 Å². The minimum atomic E-state index is -0.129. The average molecular weight is 263 g/mol. The number of likely N-dealkylation sites (tertiary alicyclic amines) is 1. The second-order valence-corrected chi connectivity index (χ2v) is 4.96. The lowest BCUT2D eigenvalue weighted by Gasteiger charge is -2.15. The van der Waals surface area contributed by atoms with Crippen LogP contribution in [0.15, 0.2) is 12.4 Å². The van der Waals surface area contributed by atoms with E-state index in [1.165, 1.54) is 37.0 Å². The molecule has 0 bridgehead atoms. The van der Waals surface area contributed by atoms with E-state index >= 15 is 0 Å². The summed E-state index contributed by atoms with van der Waals surface area (Å²) in [5, 5.41) is 3.22. The molecule has 6 nitrogen and oxygen atoms in total. The molecule has 104 valence electrons. The molecule has 1 aromatic heterocycles. The van der Waals surface area contributed by atoms with Crippen molar-refractivity contribution in [3.05, 3.63) is 18.1 Å². The summed E-state index contributed by atoms with van der Waals surface area (Å²) in [4.78, 5) is 24.0. The van der Waals surface area contributed by atoms with Crippen LogP contribution >= 0.6 is 0 Å². The van der Waals surface area contributed by atoms with Crippen molar-refractivity contribution in [1.82, 2.24) is 19.8 Å². The van der Waals surface area contributed by atoms with Crippen LogP contribution in [0.3, 0.4) is 0 Å². The zero-order valence-corrected chi connectivity index (χ0v) is 11.6. The van der Waals surface area contributed by atoms with Crippen molar-refractivity contribution < 1.29 is 4.79 Å². The molecule has 0 aliphatic carbocycles. The smallest absolute Gasteiger partial charge is 0.273 e. The molecule has 1 aliphatic heterocycles. The maximum atomic E-state index is 11.8. The number of hydrogen-bond donors (Lipinski definition) is 1. The summed E-state index contributed by atoms with van der Waals surface area (Å²) in [7, 11) is 3.41. The zero-order valence-electron chi connectivity index (χ0n) is 11.6. The number of aromatic nitrogens is 2. The number of hydrogen-bond acceptors (Lipinski definition) is 5. The Morgan fingerprint density at radius 3 is 2.79 bits per heavy atom. The van der Waals surface area contributed by atoms with Gasteiger partial charge in [-0.1, -0.05) is 0 Å². The maximum absolute atomic E-state index is 11.8. The van der Waals surface area contributed by atoms with E-state index in [-0.39, 0.29) is 5.91 Å². The molecule has 0 saturated carbocycles. The summed E-state index contributed by atoms with van der Waals surface area (Å²) >= 11 is 0. The molecule has 0 spiro atoms. The van der Waals surface area contributed by atoms with Gasteiger partial charge in [-0.15, -0.1) is 0 Å². The SMILES string of the molecule is CN(C)C(=O)c1cncc(NCCN2CCCC2)n1. The Labute approximate surface area is 113 Å². The van der Waals surface area contributed by atoms with Crippen molar-refractivity contribution in [2.24, 2.45) is 0 Å². The molecule has 6 heteroatoms. The molecule has 0 unspecified atom stereocenters. The molecule has 19 heavy (non-hydrogen) atoms. The molecule has 1 aromatic rings. The standard InChI is InChI=1S/C13H21N5O/c1-17(2)13(19)11-9-14-10-12(16-11)15-5-8-18-6-3-4-7-18/h9-10H,3-8H2,1-2H3,(H,15,16). The summed E-state index contributed by atoms with van der Waals surface area (Å²) in [6.07, 6.45) is 5.74. The first-order valence-corrected chi connectivity index (χ1v) is 6.67. The van der Waals surface area contributed by atoms with Gasteiger partial charge in [-0.3, -0.25) is 9.78 Å². The van der Waals surface area contributed by atoms with E-state index in [1.807, 2.05) is 0 Å². The van der Waals surface area contributed by atoms with Gasteiger partial charge < -0.3 is 15.1 Å². The zero-order chi connectivity index (χ0) is 13.7. The number of nitrogens with zero attached hydrogens (tertiary/aromatic N) is 4. The highest BCUT2D eigenvalue weighted by Crippen LogP contribution is 2.07. The van der Waals surface area contributed by atoms with Crippen LogP contribution in [0, 0.1) is 0 Å². The Kier molecular flexibility index (Phi) is 4.68. The molecular formula is C13H21N5O. The lowest BCUT2D eigenvalue weighted by atomic mass is 10.4. The predicted molar refractivity (Wildman–Crippen MR) is 74.2 cm³/mol. The average Bonchev–Trinajstić information content (AvgIpc) is 2.91. The van der Waals surface area contributed by atoms with Gasteiger partial charge in [0.2, 0.25) is 0 Å². The fourth-order valence-corrected chi connectivity index (χ4v) is 2.13.